The number of nitrogens with one attached hydrogen (secondary N) is 1. The molecule has 1 aromatic carbocycles. The van der Waals surface area contributed by atoms with Crippen LogP contribution in [0.5, 0.6) is 0 Å². The van der Waals surface area contributed by atoms with Crippen molar-refractivity contribution in [3.05, 3.63) is 41.3 Å². The van der Waals surface area contributed by atoms with Crippen molar-refractivity contribution < 1.29 is 13.2 Å². The Bertz CT molecular complexity index is 591. The molecule has 0 unspecified atom stereocenters. The number of sulfonamides is 1. The van der Waals surface area contributed by atoms with Crippen LogP contribution in [0.25, 0.3) is 6.08 Å². The van der Waals surface area contributed by atoms with Crippen LogP contribution in [0.3, 0.4) is 0 Å². The van der Waals surface area contributed by atoms with E-state index in [1.165, 1.54) is 6.08 Å². The Hall–Kier alpha value is -1.66. The quantitative estimate of drug-likeness (QED) is 0.868. The fraction of sp³-hybridized carbons (Fsp3) is 0.400. The van der Waals surface area contributed by atoms with E-state index in [9.17, 15) is 13.2 Å². The zero-order valence-electron chi connectivity index (χ0n) is 11.9. The molecule has 1 saturated heterocycles. The summed E-state index contributed by atoms with van der Waals surface area (Å²) in [7, 11) is -3.50. The Morgan fingerprint density at radius 1 is 1.19 bits per heavy atom. The summed E-state index contributed by atoms with van der Waals surface area (Å²) in [5, 5.41) is 1.13. The molecule has 1 aliphatic rings. The minimum atomic E-state index is -3.50. The van der Waals surface area contributed by atoms with Gasteiger partial charge in [0.1, 0.15) is 0 Å². The van der Waals surface area contributed by atoms with E-state index in [0.29, 0.717) is 0 Å². The molecule has 21 heavy (non-hydrogen) atoms. The molecule has 0 spiro atoms. The summed E-state index contributed by atoms with van der Waals surface area (Å²) < 4.78 is 26.0. The maximum Gasteiger partial charge on any atom is 0.233 e. The first-order valence-electron chi connectivity index (χ1n) is 7.07. The van der Waals surface area contributed by atoms with Gasteiger partial charge in [-0.1, -0.05) is 30.3 Å². The van der Waals surface area contributed by atoms with Crippen LogP contribution in [0.2, 0.25) is 0 Å². The van der Waals surface area contributed by atoms with E-state index in [1.54, 1.807) is 4.90 Å². The normalized spacial score (nSPS) is 15.7. The average molecular weight is 308 g/mol. The molecule has 6 heteroatoms. The van der Waals surface area contributed by atoms with Gasteiger partial charge in [-0.2, -0.15) is 0 Å². The summed E-state index contributed by atoms with van der Waals surface area (Å²) in [5.74, 6) is 0.0160. The van der Waals surface area contributed by atoms with Gasteiger partial charge in [-0.25, -0.2) is 13.1 Å². The highest BCUT2D eigenvalue weighted by molar-refractivity contribution is 7.92. The van der Waals surface area contributed by atoms with Crippen molar-refractivity contribution in [3.63, 3.8) is 0 Å². The number of carbonyl (C=O) groups is 1. The van der Waals surface area contributed by atoms with Gasteiger partial charge >= 0.3 is 0 Å². The Labute approximate surface area is 125 Å². The summed E-state index contributed by atoms with van der Waals surface area (Å²) in [6, 6.07) is 9.20. The van der Waals surface area contributed by atoms with Crippen LogP contribution in [0, 0.1) is 0 Å². The lowest BCUT2D eigenvalue weighted by Crippen LogP contribution is -2.32. The van der Waals surface area contributed by atoms with Crippen molar-refractivity contribution in [1.29, 1.82) is 0 Å². The standard InChI is InChI=1S/C15H20N2O3S/c18-15(17-11-4-5-12-17)8-10-16-21(19,20)13-9-14-6-2-1-3-7-14/h1-3,6-7,9,13,16H,4-5,8,10-12H2/b13-9+. The predicted molar refractivity (Wildman–Crippen MR) is 82.8 cm³/mol. The highest BCUT2D eigenvalue weighted by Crippen LogP contribution is 2.08. The van der Waals surface area contributed by atoms with Crippen molar-refractivity contribution in [2.75, 3.05) is 19.6 Å². The van der Waals surface area contributed by atoms with Gasteiger partial charge in [0.25, 0.3) is 0 Å². The van der Waals surface area contributed by atoms with E-state index in [-0.39, 0.29) is 18.9 Å². The van der Waals surface area contributed by atoms with E-state index >= 15 is 0 Å². The van der Waals surface area contributed by atoms with Gasteiger partial charge in [-0.3, -0.25) is 4.79 Å². The molecule has 0 aromatic heterocycles. The lowest BCUT2D eigenvalue weighted by atomic mass is 10.2. The molecule has 0 aliphatic carbocycles. The SMILES string of the molecule is O=C(CCNS(=O)(=O)/C=C/c1ccccc1)N1CCCC1. The monoisotopic (exact) mass is 308 g/mol. The fourth-order valence-corrected chi connectivity index (χ4v) is 3.02. The van der Waals surface area contributed by atoms with E-state index in [2.05, 4.69) is 4.72 Å². The Morgan fingerprint density at radius 3 is 2.52 bits per heavy atom. The largest absolute Gasteiger partial charge is 0.343 e. The average Bonchev–Trinajstić information content (AvgIpc) is 3.00. The molecule has 114 valence electrons. The van der Waals surface area contributed by atoms with Gasteiger partial charge in [0, 0.05) is 31.5 Å². The van der Waals surface area contributed by atoms with Crippen LogP contribution in [0.15, 0.2) is 35.7 Å². The molecule has 2 rings (SSSR count). The Balaban J connectivity index is 1.78. The Morgan fingerprint density at radius 2 is 1.86 bits per heavy atom. The highest BCUT2D eigenvalue weighted by Gasteiger charge is 2.17. The zero-order chi connectivity index (χ0) is 15.1. The highest BCUT2D eigenvalue weighted by atomic mass is 32.2. The second-order valence-electron chi connectivity index (χ2n) is 4.99. The molecule has 0 bridgehead atoms. The maximum absolute atomic E-state index is 11.8. The first-order chi connectivity index (χ1) is 10.1. The number of likely N-dealkylation sites (tertiary alicyclic amines) is 1. The van der Waals surface area contributed by atoms with Crippen LogP contribution < -0.4 is 4.72 Å². The summed E-state index contributed by atoms with van der Waals surface area (Å²) in [6.07, 6.45) is 3.82. The number of amides is 1. The minimum absolute atomic E-state index is 0.0160. The van der Waals surface area contributed by atoms with Gasteiger partial charge in [-0.15, -0.1) is 0 Å². The molecular formula is C15H20N2O3S. The van der Waals surface area contributed by atoms with Crippen LogP contribution >= 0.6 is 0 Å². The van der Waals surface area contributed by atoms with Gasteiger partial charge in [0.15, 0.2) is 0 Å². The van der Waals surface area contributed by atoms with Crippen molar-refractivity contribution in [1.82, 2.24) is 9.62 Å². The van der Waals surface area contributed by atoms with Gasteiger partial charge < -0.3 is 4.90 Å². The first-order valence-corrected chi connectivity index (χ1v) is 8.62. The molecule has 1 aromatic rings. The second-order valence-corrected chi connectivity index (χ2v) is 6.64. The molecule has 0 saturated carbocycles. The lowest BCUT2D eigenvalue weighted by Gasteiger charge is -2.14. The van der Waals surface area contributed by atoms with Gasteiger partial charge in [0.05, 0.1) is 0 Å². The third-order valence-electron chi connectivity index (χ3n) is 3.34. The van der Waals surface area contributed by atoms with Crippen molar-refractivity contribution in [2.45, 2.75) is 19.3 Å². The molecule has 1 amide bonds. The molecule has 0 atom stereocenters. The molecule has 1 N–H and O–H groups in total. The predicted octanol–water partition coefficient (Wildman–Crippen LogP) is 1.59. The van der Waals surface area contributed by atoms with Crippen LogP contribution in [-0.2, 0) is 14.8 Å². The number of rotatable bonds is 6. The number of hydrogen-bond donors (Lipinski definition) is 1. The molecule has 1 heterocycles. The van der Waals surface area contributed by atoms with Crippen LogP contribution in [0.1, 0.15) is 24.8 Å². The summed E-state index contributed by atoms with van der Waals surface area (Å²) >= 11 is 0. The van der Waals surface area contributed by atoms with Gasteiger partial charge in [-0.05, 0) is 24.5 Å². The first kappa shape index (κ1) is 15.7. The van der Waals surface area contributed by atoms with Gasteiger partial charge in [0.2, 0.25) is 15.9 Å². The number of carbonyl (C=O) groups excluding carboxylic acids is 1. The smallest absolute Gasteiger partial charge is 0.233 e. The topological polar surface area (TPSA) is 66.5 Å². The van der Waals surface area contributed by atoms with Crippen LogP contribution in [-0.4, -0.2) is 38.9 Å². The van der Waals surface area contributed by atoms with E-state index in [0.717, 1.165) is 36.9 Å². The Kier molecular flexibility index (Phi) is 5.52. The number of nitrogens with zero attached hydrogens (tertiary/aromatic N) is 1. The number of benzene rings is 1. The molecule has 1 fully saturated rings. The second kappa shape index (κ2) is 7.38. The minimum Gasteiger partial charge on any atom is -0.343 e. The summed E-state index contributed by atoms with van der Waals surface area (Å²) in [4.78, 5) is 13.6. The van der Waals surface area contributed by atoms with Crippen molar-refractivity contribution in [3.8, 4) is 0 Å². The van der Waals surface area contributed by atoms with Crippen molar-refractivity contribution >= 4 is 22.0 Å². The third kappa shape index (κ3) is 5.32. The molecule has 1 aliphatic heterocycles. The van der Waals surface area contributed by atoms with E-state index in [1.807, 2.05) is 30.3 Å². The van der Waals surface area contributed by atoms with E-state index < -0.39 is 10.0 Å². The molecular weight excluding hydrogens is 288 g/mol. The number of hydrogen-bond acceptors (Lipinski definition) is 3. The third-order valence-corrected chi connectivity index (χ3v) is 4.44. The lowest BCUT2D eigenvalue weighted by molar-refractivity contribution is -0.129. The van der Waals surface area contributed by atoms with Crippen LogP contribution in [0.4, 0.5) is 0 Å². The fourth-order valence-electron chi connectivity index (χ4n) is 2.21. The van der Waals surface area contributed by atoms with Crippen molar-refractivity contribution in [2.24, 2.45) is 0 Å². The summed E-state index contributed by atoms with van der Waals surface area (Å²) in [6.45, 7) is 1.72. The zero-order valence-corrected chi connectivity index (χ0v) is 12.7. The molecule has 0 radical (unpaired) electrons. The van der Waals surface area contributed by atoms with E-state index in [4.69, 9.17) is 0 Å². The maximum atomic E-state index is 11.8. The summed E-state index contributed by atoms with van der Waals surface area (Å²) in [5.41, 5.74) is 0.816. The molecule has 5 nitrogen and oxygen atoms in total.